The van der Waals surface area contributed by atoms with E-state index in [1.807, 2.05) is 23.3 Å². The van der Waals surface area contributed by atoms with Gasteiger partial charge in [-0.1, -0.05) is 0 Å². The van der Waals surface area contributed by atoms with Crippen LogP contribution in [-0.4, -0.2) is 45.4 Å². The Balaban J connectivity index is 1.57. The summed E-state index contributed by atoms with van der Waals surface area (Å²) in [5, 5.41) is 2.97. The van der Waals surface area contributed by atoms with Crippen LogP contribution in [0.2, 0.25) is 0 Å². The fourth-order valence-electron chi connectivity index (χ4n) is 3.35. The maximum atomic E-state index is 12.5. The Labute approximate surface area is 130 Å². The van der Waals surface area contributed by atoms with E-state index in [4.69, 9.17) is 0 Å². The minimum absolute atomic E-state index is 0.0189. The monoisotopic (exact) mass is 304 g/mol. The molecule has 6 nitrogen and oxygen atoms in total. The first-order valence-corrected chi connectivity index (χ1v) is 8.01. The molecule has 0 bridgehead atoms. The van der Waals surface area contributed by atoms with Gasteiger partial charge in [0.15, 0.2) is 0 Å². The van der Waals surface area contributed by atoms with Crippen LogP contribution in [0.3, 0.4) is 0 Å². The summed E-state index contributed by atoms with van der Waals surface area (Å²) in [5.41, 5.74) is 0.498. The fraction of sp³-hybridized carbons (Fsp3) is 0.688. The first-order valence-electron chi connectivity index (χ1n) is 8.01. The third-order valence-electron chi connectivity index (χ3n) is 4.63. The van der Waals surface area contributed by atoms with E-state index in [2.05, 4.69) is 24.1 Å². The molecular weight excluding hydrogens is 280 g/mol. The van der Waals surface area contributed by atoms with Gasteiger partial charge in [-0.25, -0.2) is 4.98 Å². The molecule has 2 fully saturated rings. The highest BCUT2D eigenvalue weighted by molar-refractivity contribution is 5.93. The first kappa shape index (κ1) is 15.1. The number of hydrogen-bond donors (Lipinski definition) is 1. The Morgan fingerprint density at radius 3 is 2.36 bits per heavy atom. The average molecular weight is 304 g/mol. The van der Waals surface area contributed by atoms with Gasteiger partial charge in [0.1, 0.15) is 5.69 Å². The van der Waals surface area contributed by atoms with Gasteiger partial charge in [0, 0.05) is 37.3 Å². The molecule has 22 heavy (non-hydrogen) atoms. The van der Waals surface area contributed by atoms with Gasteiger partial charge in [-0.05, 0) is 39.5 Å². The van der Waals surface area contributed by atoms with Crippen LogP contribution in [0, 0.1) is 17.8 Å². The van der Waals surface area contributed by atoms with Crippen LogP contribution in [0.5, 0.6) is 0 Å². The smallest absolute Gasteiger partial charge is 0.274 e. The summed E-state index contributed by atoms with van der Waals surface area (Å²) in [6, 6.07) is 0.469. The lowest BCUT2D eigenvalue weighted by molar-refractivity contribution is -0.123. The predicted octanol–water partition coefficient (Wildman–Crippen LogP) is 1.31. The van der Waals surface area contributed by atoms with Gasteiger partial charge in [0.2, 0.25) is 5.91 Å². The van der Waals surface area contributed by atoms with Crippen molar-refractivity contribution in [2.45, 2.75) is 39.8 Å². The van der Waals surface area contributed by atoms with Crippen molar-refractivity contribution in [2.24, 2.45) is 17.8 Å². The van der Waals surface area contributed by atoms with Crippen molar-refractivity contribution < 1.29 is 9.59 Å². The second-order valence-electron chi connectivity index (χ2n) is 7.03. The van der Waals surface area contributed by atoms with Gasteiger partial charge in [-0.15, -0.1) is 0 Å². The summed E-state index contributed by atoms with van der Waals surface area (Å²) >= 11 is 0. The van der Waals surface area contributed by atoms with Crippen LogP contribution in [-0.2, 0) is 4.79 Å². The number of carbonyl (C=O) groups is 2. The number of amides is 2. The minimum atomic E-state index is -0.0189. The SMILES string of the molecule is CC(C)NC(=O)C1[C@H]2CN(C(=O)c3cn(C(C)C)cn3)C[C@@H]12. The lowest BCUT2D eigenvalue weighted by Gasteiger charge is -2.19. The average Bonchev–Trinajstić information content (AvgIpc) is 2.85. The van der Waals surface area contributed by atoms with Crippen LogP contribution in [0.15, 0.2) is 12.5 Å². The number of nitrogens with zero attached hydrogens (tertiary/aromatic N) is 3. The van der Waals surface area contributed by atoms with Crippen LogP contribution < -0.4 is 5.32 Å². The summed E-state index contributed by atoms with van der Waals surface area (Å²) in [5.74, 6) is 0.875. The van der Waals surface area contributed by atoms with E-state index >= 15 is 0 Å². The molecule has 0 spiro atoms. The van der Waals surface area contributed by atoms with E-state index in [1.165, 1.54) is 0 Å². The summed E-state index contributed by atoms with van der Waals surface area (Å²) in [4.78, 5) is 30.5. The van der Waals surface area contributed by atoms with Crippen molar-refractivity contribution in [3.05, 3.63) is 18.2 Å². The van der Waals surface area contributed by atoms with Crippen LogP contribution >= 0.6 is 0 Å². The molecule has 3 atom stereocenters. The van der Waals surface area contributed by atoms with Crippen LogP contribution in [0.1, 0.15) is 44.2 Å². The van der Waals surface area contributed by atoms with E-state index in [1.54, 1.807) is 12.5 Å². The molecule has 3 rings (SSSR count). The zero-order chi connectivity index (χ0) is 16.0. The molecule has 1 saturated carbocycles. The maximum Gasteiger partial charge on any atom is 0.274 e. The highest BCUT2D eigenvalue weighted by atomic mass is 16.2. The second kappa shape index (κ2) is 5.41. The van der Waals surface area contributed by atoms with Crippen molar-refractivity contribution in [2.75, 3.05) is 13.1 Å². The molecule has 6 heteroatoms. The maximum absolute atomic E-state index is 12.5. The molecule has 1 saturated heterocycles. The molecule has 1 aliphatic carbocycles. The number of piperidine rings is 1. The third kappa shape index (κ3) is 2.62. The van der Waals surface area contributed by atoms with E-state index in [0.29, 0.717) is 36.7 Å². The zero-order valence-electron chi connectivity index (χ0n) is 13.6. The highest BCUT2D eigenvalue weighted by Gasteiger charge is 2.60. The summed E-state index contributed by atoms with van der Waals surface area (Å²) in [7, 11) is 0. The molecule has 1 unspecified atom stereocenters. The number of carbonyl (C=O) groups excluding carboxylic acids is 2. The van der Waals surface area contributed by atoms with Gasteiger partial charge in [-0.2, -0.15) is 0 Å². The van der Waals surface area contributed by atoms with Crippen molar-refractivity contribution in [1.29, 1.82) is 0 Å². The normalized spacial score (nSPS) is 26.5. The van der Waals surface area contributed by atoms with Gasteiger partial charge in [-0.3, -0.25) is 9.59 Å². The molecule has 120 valence electrons. The van der Waals surface area contributed by atoms with Crippen molar-refractivity contribution >= 4 is 11.8 Å². The molecule has 1 N–H and O–H groups in total. The Morgan fingerprint density at radius 1 is 1.23 bits per heavy atom. The topological polar surface area (TPSA) is 67.2 Å². The van der Waals surface area contributed by atoms with Gasteiger partial charge in [0.25, 0.3) is 5.91 Å². The van der Waals surface area contributed by atoms with Crippen LogP contribution in [0.4, 0.5) is 0 Å². The number of imidazole rings is 1. The second-order valence-corrected chi connectivity index (χ2v) is 7.03. The number of hydrogen-bond acceptors (Lipinski definition) is 3. The van der Waals surface area contributed by atoms with Gasteiger partial charge < -0.3 is 14.8 Å². The Kier molecular flexibility index (Phi) is 3.70. The van der Waals surface area contributed by atoms with E-state index in [9.17, 15) is 9.59 Å². The zero-order valence-corrected chi connectivity index (χ0v) is 13.6. The molecule has 1 aromatic rings. The number of rotatable bonds is 4. The lowest BCUT2D eigenvalue weighted by atomic mass is 10.2. The minimum Gasteiger partial charge on any atom is -0.354 e. The van der Waals surface area contributed by atoms with Gasteiger partial charge in [0.05, 0.1) is 6.33 Å². The molecule has 2 heterocycles. The molecule has 2 aliphatic rings. The van der Waals surface area contributed by atoms with Crippen molar-refractivity contribution in [3.8, 4) is 0 Å². The van der Waals surface area contributed by atoms with Crippen molar-refractivity contribution in [3.63, 3.8) is 0 Å². The Morgan fingerprint density at radius 2 is 1.86 bits per heavy atom. The molecule has 0 aromatic carbocycles. The summed E-state index contributed by atoms with van der Waals surface area (Å²) < 4.78 is 1.93. The molecule has 1 aromatic heterocycles. The highest BCUT2D eigenvalue weighted by Crippen LogP contribution is 2.52. The molecular formula is C16H24N4O2. The lowest BCUT2D eigenvalue weighted by Crippen LogP contribution is -2.37. The number of likely N-dealkylation sites (tertiary alicyclic amines) is 1. The van der Waals surface area contributed by atoms with E-state index in [-0.39, 0.29) is 23.8 Å². The quantitative estimate of drug-likeness (QED) is 0.912. The van der Waals surface area contributed by atoms with Crippen LogP contribution in [0.25, 0.3) is 0 Å². The Hall–Kier alpha value is -1.85. The number of fused-ring (bicyclic) bond motifs is 1. The van der Waals surface area contributed by atoms with Crippen molar-refractivity contribution in [1.82, 2.24) is 19.8 Å². The molecule has 1 aliphatic heterocycles. The van der Waals surface area contributed by atoms with Gasteiger partial charge >= 0.3 is 0 Å². The standard InChI is InChI=1S/C16H24N4O2/c1-9(2)18-15(21)14-11-5-19(6-12(11)14)16(22)13-7-20(8-17-13)10(3)4/h7-12,14H,5-6H2,1-4H3,(H,18,21)/t11-,12+,14?. The Bertz CT molecular complexity index is 581. The van der Waals surface area contributed by atoms with E-state index in [0.717, 1.165) is 0 Å². The number of aromatic nitrogens is 2. The fourth-order valence-corrected chi connectivity index (χ4v) is 3.35. The summed E-state index contributed by atoms with van der Waals surface area (Å²) in [6.07, 6.45) is 3.51. The third-order valence-corrected chi connectivity index (χ3v) is 4.63. The number of nitrogens with one attached hydrogen (secondary N) is 1. The summed E-state index contributed by atoms with van der Waals surface area (Å²) in [6.45, 7) is 9.40. The largest absolute Gasteiger partial charge is 0.354 e. The molecule has 2 amide bonds. The predicted molar refractivity (Wildman–Crippen MR) is 82.3 cm³/mol. The first-order chi connectivity index (χ1) is 10.4. The molecule has 0 radical (unpaired) electrons. The van der Waals surface area contributed by atoms with E-state index < -0.39 is 0 Å².